The van der Waals surface area contributed by atoms with Crippen LogP contribution >= 0.6 is 22.9 Å². The Morgan fingerprint density at radius 3 is 2.94 bits per heavy atom. The third kappa shape index (κ3) is 3.02. The number of nitrogens with zero attached hydrogens (tertiary/aromatic N) is 1. The number of hydrogen-bond donors (Lipinski definition) is 1. The van der Waals surface area contributed by atoms with Gasteiger partial charge in [-0.05, 0) is 31.7 Å². The highest BCUT2D eigenvalue weighted by molar-refractivity contribution is 7.09. The van der Waals surface area contributed by atoms with Gasteiger partial charge in [0.2, 0.25) is 0 Å². The quantitative estimate of drug-likeness (QED) is 0.915. The largest absolute Gasteiger partial charge is 0.492 e. The summed E-state index contributed by atoms with van der Waals surface area (Å²) in [6.45, 7) is 3.16. The van der Waals surface area contributed by atoms with Crippen LogP contribution in [0.3, 0.4) is 0 Å². The zero-order valence-electron chi connectivity index (χ0n) is 10.1. The monoisotopic (exact) mass is 282 g/mol. The van der Waals surface area contributed by atoms with Crippen molar-refractivity contribution in [1.29, 1.82) is 0 Å². The fourth-order valence-electron chi connectivity index (χ4n) is 1.61. The molecule has 0 radical (unpaired) electrons. The lowest BCUT2D eigenvalue weighted by molar-refractivity contribution is 0.340. The number of benzene rings is 1. The van der Waals surface area contributed by atoms with Gasteiger partial charge in [0.15, 0.2) is 0 Å². The predicted molar refractivity (Wildman–Crippen MR) is 76.5 cm³/mol. The Kier molecular flexibility index (Phi) is 4.58. The topological polar surface area (TPSA) is 48.1 Å². The minimum absolute atomic E-state index is 0.608. The minimum Gasteiger partial charge on any atom is -0.492 e. The molecule has 0 saturated carbocycles. The molecule has 0 aliphatic heterocycles. The molecule has 18 heavy (non-hydrogen) atoms. The summed E-state index contributed by atoms with van der Waals surface area (Å²) in [7, 11) is 0. The molecule has 0 fully saturated rings. The molecular formula is C13H15ClN2OS. The average Bonchev–Trinajstić information content (AvgIpc) is 2.81. The Morgan fingerprint density at radius 2 is 2.28 bits per heavy atom. The number of hydrogen-bond acceptors (Lipinski definition) is 4. The van der Waals surface area contributed by atoms with Crippen LogP contribution in [0.5, 0.6) is 5.75 Å². The Labute approximate surface area is 116 Å². The van der Waals surface area contributed by atoms with Crippen LogP contribution in [-0.2, 0) is 6.42 Å². The summed E-state index contributed by atoms with van der Waals surface area (Å²) in [5.74, 6) is 0.709. The fraction of sp³-hybridized carbons (Fsp3) is 0.308. The minimum atomic E-state index is 0.608. The third-order valence-corrected chi connectivity index (χ3v) is 3.64. The molecule has 0 amide bonds. The van der Waals surface area contributed by atoms with Crippen LogP contribution in [0, 0.1) is 0 Å². The molecule has 1 heterocycles. The van der Waals surface area contributed by atoms with Gasteiger partial charge in [0.25, 0.3) is 0 Å². The van der Waals surface area contributed by atoms with E-state index in [1.54, 1.807) is 11.3 Å². The highest BCUT2D eigenvalue weighted by atomic mass is 35.5. The molecule has 0 aliphatic carbocycles. The van der Waals surface area contributed by atoms with Crippen LogP contribution in [0.4, 0.5) is 0 Å². The lowest BCUT2D eigenvalue weighted by Gasteiger charge is -2.06. The molecule has 96 valence electrons. The molecule has 1 aromatic heterocycles. The van der Waals surface area contributed by atoms with Gasteiger partial charge in [-0.2, -0.15) is 0 Å². The van der Waals surface area contributed by atoms with Crippen LogP contribution in [-0.4, -0.2) is 18.1 Å². The van der Waals surface area contributed by atoms with Crippen molar-refractivity contribution in [2.24, 2.45) is 5.73 Å². The van der Waals surface area contributed by atoms with E-state index in [0.29, 0.717) is 23.9 Å². The van der Waals surface area contributed by atoms with Gasteiger partial charge in [0.05, 0.1) is 22.3 Å². The first-order chi connectivity index (χ1) is 8.74. The molecule has 0 unspecified atom stereocenters. The number of halogens is 1. The van der Waals surface area contributed by atoms with Gasteiger partial charge in [-0.25, -0.2) is 4.98 Å². The van der Waals surface area contributed by atoms with Gasteiger partial charge in [-0.15, -0.1) is 11.3 Å². The van der Waals surface area contributed by atoms with Gasteiger partial charge in [-0.1, -0.05) is 11.6 Å². The van der Waals surface area contributed by atoms with Crippen LogP contribution < -0.4 is 10.5 Å². The van der Waals surface area contributed by atoms with E-state index in [4.69, 9.17) is 22.1 Å². The lowest BCUT2D eigenvalue weighted by atomic mass is 10.1. The summed E-state index contributed by atoms with van der Waals surface area (Å²) in [5, 5.41) is 3.69. The first kappa shape index (κ1) is 13.3. The number of aromatic nitrogens is 1. The van der Waals surface area contributed by atoms with Crippen molar-refractivity contribution in [2.45, 2.75) is 13.3 Å². The molecule has 0 saturated heterocycles. The van der Waals surface area contributed by atoms with Gasteiger partial charge < -0.3 is 10.5 Å². The normalized spacial score (nSPS) is 10.6. The van der Waals surface area contributed by atoms with Crippen molar-refractivity contribution in [2.75, 3.05) is 13.2 Å². The number of ether oxygens (including phenoxy) is 1. The van der Waals surface area contributed by atoms with E-state index in [-0.39, 0.29) is 0 Å². The lowest BCUT2D eigenvalue weighted by Crippen LogP contribution is -2.01. The molecular weight excluding hydrogens is 268 g/mol. The highest BCUT2D eigenvalue weighted by Gasteiger charge is 2.07. The molecule has 0 bridgehead atoms. The van der Waals surface area contributed by atoms with Crippen molar-refractivity contribution in [3.05, 3.63) is 33.6 Å². The first-order valence-corrected chi connectivity index (χ1v) is 7.07. The van der Waals surface area contributed by atoms with E-state index < -0.39 is 0 Å². The van der Waals surface area contributed by atoms with Gasteiger partial charge >= 0.3 is 0 Å². The van der Waals surface area contributed by atoms with Gasteiger partial charge in [0, 0.05) is 17.4 Å². The molecule has 1 aromatic carbocycles. The predicted octanol–water partition coefficient (Wildman–Crippen LogP) is 3.36. The summed E-state index contributed by atoms with van der Waals surface area (Å²) in [5.41, 5.74) is 7.46. The van der Waals surface area contributed by atoms with E-state index in [1.165, 1.54) is 0 Å². The Morgan fingerprint density at radius 1 is 1.44 bits per heavy atom. The summed E-state index contributed by atoms with van der Waals surface area (Å²) in [6, 6.07) is 5.73. The molecule has 0 atom stereocenters. The van der Waals surface area contributed by atoms with E-state index >= 15 is 0 Å². The average molecular weight is 283 g/mol. The third-order valence-electron chi connectivity index (χ3n) is 2.44. The second-order valence-corrected chi connectivity index (χ2v) is 5.09. The summed E-state index contributed by atoms with van der Waals surface area (Å²) in [6.07, 6.45) is 0.815. The van der Waals surface area contributed by atoms with Crippen molar-refractivity contribution < 1.29 is 4.74 Å². The molecule has 2 aromatic rings. The molecule has 5 heteroatoms. The number of thiazole rings is 1. The second-order valence-electron chi connectivity index (χ2n) is 3.74. The Bertz CT molecular complexity index is 527. The highest BCUT2D eigenvalue weighted by Crippen LogP contribution is 2.31. The van der Waals surface area contributed by atoms with Crippen LogP contribution in [0.1, 0.15) is 11.9 Å². The van der Waals surface area contributed by atoms with E-state index in [1.807, 2.05) is 30.5 Å². The Hall–Kier alpha value is -1.10. The van der Waals surface area contributed by atoms with Crippen molar-refractivity contribution >= 4 is 22.9 Å². The molecule has 3 nitrogen and oxygen atoms in total. The first-order valence-electron chi connectivity index (χ1n) is 5.81. The SMILES string of the molecule is CCOc1ccc(-c2csc(CCN)n2)cc1Cl. The number of nitrogens with two attached hydrogens (primary N) is 1. The van der Waals surface area contributed by atoms with Crippen LogP contribution in [0.2, 0.25) is 5.02 Å². The van der Waals surface area contributed by atoms with Crippen molar-refractivity contribution in [1.82, 2.24) is 4.98 Å². The summed E-state index contributed by atoms with van der Waals surface area (Å²) < 4.78 is 5.40. The zero-order valence-corrected chi connectivity index (χ0v) is 11.7. The molecule has 2 rings (SSSR count). The maximum Gasteiger partial charge on any atom is 0.137 e. The van der Waals surface area contributed by atoms with E-state index in [0.717, 1.165) is 22.7 Å². The second kappa shape index (κ2) is 6.18. The van der Waals surface area contributed by atoms with E-state index in [2.05, 4.69) is 4.98 Å². The maximum absolute atomic E-state index is 6.16. The molecule has 0 aliphatic rings. The molecule has 0 spiro atoms. The summed E-state index contributed by atoms with van der Waals surface area (Å²) >= 11 is 7.78. The van der Waals surface area contributed by atoms with Crippen molar-refractivity contribution in [3.8, 4) is 17.0 Å². The Balaban J connectivity index is 2.24. The van der Waals surface area contributed by atoms with Crippen LogP contribution in [0.15, 0.2) is 23.6 Å². The fourth-order valence-corrected chi connectivity index (χ4v) is 2.67. The van der Waals surface area contributed by atoms with Crippen molar-refractivity contribution in [3.63, 3.8) is 0 Å². The van der Waals surface area contributed by atoms with Gasteiger partial charge in [0.1, 0.15) is 5.75 Å². The van der Waals surface area contributed by atoms with Gasteiger partial charge in [-0.3, -0.25) is 0 Å². The van der Waals surface area contributed by atoms with Crippen LogP contribution in [0.25, 0.3) is 11.3 Å². The summed E-state index contributed by atoms with van der Waals surface area (Å²) in [4.78, 5) is 4.53. The molecule has 2 N–H and O–H groups in total. The zero-order chi connectivity index (χ0) is 13.0. The number of rotatable bonds is 5. The smallest absolute Gasteiger partial charge is 0.137 e. The maximum atomic E-state index is 6.16. The standard InChI is InChI=1S/C13H15ClN2OS/c1-2-17-12-4-3-9(7-10(12)14)11-8-18-13(16-11)5-6-15/h3-4,7-8H,2,5-6,15H2,1H3. The van der Waals surface area contributed by atoms with E-state index in [9.17, 15) is 0 Å².